The quantitative estimate of drug-likeness (QED) is 0.863. The highest BCUT2D eigenvalue weighted by atomic mass is 32.1. The van der Waals surface area contributed by atoms with Crippen LogP contribution in [0.2, 0.25) is 0 Å². The van der Waals surface area contributed by atoms with Crippen molar-refractivity contribution in [2.45, 2.75) is 39.3 Å². The standard InChI is InChI=1S/C15H21FN2S/c1-10-5-6-18(11(2)7-10)9-12-8-13(16)3-4-14(12)15(17)19/h3-4,8,10-11H,5-7,9H2,1-2H3,(H2,17,19). The second kappa shape index (κ2) is 5.97. The number of halogens is 1. The van der Waals surface area contributed by atoms with Gasteiger partial charge in [-0.05, 0) is 56.0 Å². The van der Waals surface area contributed by atoms with Crippen molar-refractivity contribution < 1.29 is 4.39 Å². The maximum Gasteiger partial charge on any atom is 0.123 e. The largest absolute Gasteiger partial charge is 0.389 e. The average molecular weight is 280 g/mol. The summed E-state index contributed by atoms with van der Waals surface area (Å²) >= 11 is 5.05. The molecule has 0 aromatic heterocycles. The van der Waals surface area contributed by atoms with E-state index < -0.39 is 0 Å². The number of hydrogen-bond donors (Lipinski definition) is 1. The lowest BCUT2D eigenvalue weighted by atomic mass is 9.92. The number of nitrogens with zero attached hydrogens (tertiary/aromatic N) is 1. The number of hydrogen-bond acceptors (Lipinski definition) is 2. The second-order valence-corrected chi connectivity index (χ2v) is 6.05. The van der Waals surface area contributed by atoms with Crippen LogP contribution >= 0.6 is 12.2 Å². The molecule has 1 heterocycles. The van der Waals surface area contributed by atoms with Crippen molar-refractivity contribution >= 4 is 17.2 Å². The van der Waals surface area contributed by atoms with Crippen molar-refractivity contribution in [1.82, 2.24) is 4.90 Å². The Morgan fingerprint density at radius 3 is 2.84 bits per heavy atom. The van der Waals surface area contributed by atoms with Gasteiger partial charge in [0, 0.05) is 18.2 Å². The van der Waals surface area contributed by atoms with Gasteiger partial charge in [-0.25, -0.2) is 4.39 Å². The summed E-state index contributed by atoms with van der Waals surface area (Å²) in [6.07, 6.45) is 2.39. The number of thiocarbonyl (C=S) groups is 1. The van der Waals surface area contributed by atoms with Crippen LogP contribution in [-0.4, -0.2) is 22.5 Å². The molecule has 1 aromatic carbocycles. The topological polar surface area (TPSA) is 29.3 Å². The first kappa shape index (κ1) is 14.4. The predicted molar refractivity (Wildman–Crippen MR) is 80.6 cm³/mol. The van der Waals surface area contributed by atoms with E-state index in [0.29, 0.717) is 11.0 Å². The van der Waals surface area contributed by atoms with E-state index >= 15 is 0 Å². The molecular formula is C15H21FN2S. The molecule has 0 amide bonds. The van der Waals surface area contributed by atoms with Crippen LogP contribution in [0.1, 0.15) is 37.8 Å². The highest BCUT2D eigenvalue weighted by molar-refractivity contribution is 7.80. The smallest absolute Gasteiger partial charge is 0.123 e. The van der Waals surface area contributed by atoms with E-state index in [9.17, 15) is 4.39 Å². The molecular weight excluding hydrogens is 259 g/mol. The summed E-state index contributed by atoms with van der Waals surface area (Å²) in [5.41, 5.74) is 7.41. The first-order chi connectivity index (χ1) is 8.97. The summed E-state index contributed by atoms with van der Waals surface area (Å²) in [5, 5.41) is 0. The molecule has 2 nitrogen and oxygen atoms in total. The Morgan fingerprint density at radius 1 is 1.47 bits per heavy atom. The molecule has 1 saturated heterocycles. The molecule has 0 aliphatic carbocycles. The Bertz CT molecular complexity index is 475. The molecule has 4 heteroatoms. The van der Waals surface area contributed by atoms with E-state index in [4.69, 9.17) is 18.0 Å². The third kappa shape index (κ3) is 3.51. The van der Waals surface area contributed by atoms with Gasteiger partial charge in [0.25, 0.3) is 0 Å². The third-order valence-corrected chi connectivity index (χ3v) is 4.20. The molecule has 2 unspecified atom stereocenters. The van der Waals surface area contributed by atoms with Crippen molar-refractivity contribution in [3.05, 3.63) is 35.1 Å². The van der Waals surface area contributed by atoms with E-state index in [2.05, 4.69) is 18.7 Å². The predicted octanol–water partition coefficient (Wildman–Crippen LogP) is 3.08. The van der Waals surface area contributed by atoms with E-state index in [1.165, 1.54) is 18.9 Å². The average Bonchev–Trinajstić information content (AvgIpc) is 2.32. The number of likely N-dealkylation sites (tertiary alicyclic amines) is 1. The summed E-state index contributed by atoms with van der Waals surface area (Å²) in [6.45, 7) is 6.29. The Labute approximate surface area is 119 Å². The Balaban J connectivity index is 2.18. The maximum absolute atomic E-state index is 13.4. The van der Waals surface area contributed by atoms with Crippen molar-refractivity contribution in [1.29, 1.82) is 0 Å². The molecule has 0 spiro atoms. The number of piperidine rings is 1. The Hall–Kier alpha value is -1.00. The van der Waals surface area contributed by atoms with Crippen molar-refractivity contribution in [2.24, 2.45) is 11.7 Å². The first-order valence-corrected chi connectivity index (χ1v) is 7.20. The summed E-state index contributed by atoms with van der Waals surface area (Å²) in [4.78, 5) is 2.73. The van der Waals surface area contributed by atoms with Gasteiger partial charge < -0.3 is 5.73 Å². The van der Waals surface area contributed by atoms with Crippen LogP contribution in [0.3, 0.4) is 0 Å². The van der Waals surface area contributed by atoms with Gasteiger partial charge in [0.15, 0.2) is 0 Å². The lowest BCUT2D eigenvalue weighted by Crippen LogP contribution is -2.40. The molecule has 0 bridgehead atoms. The molecule has 2 N–H and O–H groups in total. The fourth-order valence-corrected chi connectivity index (χ4v) is 3.04. The minimum Gasteiger partial charge on any atom is -0.389 e. The van der Waals surface area contributed by atoms with Crippen LogP contribution in [0.25, 0.3) is 0 Å². The van der Waals surface area contributed by atoms with E-state index in [1.54, 1.807) is 12.1 Å². The molecule has 1 aromatic rings. The fourth-order valence-electron chi connectivity index (χ4n) is 2.84. The van der Waals surface area contributed by atoms with E-state index in [-0.39, 0.29) is 5.82 Å². The highest BCUT2D eigenvalue weighted by Gasteiger charge is 2.23. The Morgan fingerprint density at radius 2 is 2.21 bits per heavy atom. The van der Waals surface area contributed by atoms with Gasteiger partial charge in [-0.3, -0.25) is 4.90 Å². The van der Waals surface area contributed by atoms with Crippen LogP contribution in [0.5, 0.6) is 0 Å². The molecule has 1 fully saturated rings. The molecule has 2 atom stereocenters. The normalized spacial score (nSPS) is 24.4. The summed E-state index contributed by atoms with van der Waals surface area (Å²) in [6, 6.07) is 5.18. The molecule has 0 saturated carbocycles. The Kier molecular flexibility index (Phi) is 4.53. The summed E-state index contributed by atoms with van der Waals surface area (Å²) in [5.74, 6) is 0.543. The van der Waals surface area contributed by atoms with Crippen LogP contribution in [-0.2, 0) is 6.54 Å². The minimum atomic E-state index is -0.229. The highest BCUT2D eigenvalue weighted by Crippen LogP contribution is 2.25. The molecule has 1 aliphatic heterocycles. The zero-order valence-electron chi connectivity index (χ0n) is 11.5. The van der Waals surface area contributed by atoms with Gasteiger partial charge in [-0.15, -0.1) is 0 Å². The minimum absolute atomic E-state index is 0.229. The molecule has 2 rings (SSSR count). The summed E-state index contributed by atoms with van der Waals surface area (Å²) in [7, 11) is 0. The third-order valence-electron chi connectivity index (χ3n) is 3.98. The van der Waals surface area contributed by atoms with Crippen molar-refractivity contribution in [2.75, 3.05) is 6.54 Å². The molecule has 19 heavy (non-hydrogen) atoms. The van der Waals surface area contributed by atoms with Gasteiger partial charge in [0.2, 0.25) is 0 Å². The number of nitrogens with two attached hydrogens (primary N) is 1. The zero-order chi connectivity index (χ0) is 14.0. The van der Waals surface area contributed by atoms with E-state index in [1.807, 2.05) is 0 Å². The van der Waals surface area contributed by atoms with Gasteiger partial charge in [0.05, 0.1) is 0 Å². The van der Waals surface area contributed by atoms with Gasteiger partial charge in [0.1, 0.15) is 10.8 Å². The van der Waals surface area contributed by atoms with Crippen LogP contribution < -0.4 is 5.73 Å². The van der Waals surface area contributed by atoms with E-state index in [0.717, 1.165) is 30.1 Å². The second-order valence-electron chi connectivity index (χ2n) is 5.61. The van der Waals surface area contributed by atoms with Gasteiger partial charge in [-0.2, -0.15) is 0 Å². The van der Waals surface area contributed by atoms with Crippen LogP contribution in [0.4, 0.5) is 4.39 Å². The zero-order valence-corrected chi connectivity index (χ0v) is 12.3. The van der Waals surface area contributed by atoms with Crippen molar-refractivity contribution in [3.8, 4) is 0 Å². The SMILES string of the molecule is CC1CCN(Cc2cc(F)ccc2C(N)=S)C(C)C1. The fraction of sp³-hybridized carbons (Fsp3) is 0.533. The first-order valence-electron chi connectivity index (χ1n) is 6.79. The van der Waals surface area contributed by atoms with Crippen LogP contribution in [0, 0.1) is 11.7 Å². The van der Waals surface area contributed by atoms with Gasteiger partial charge in [-0.1, -0.05) is 19.1 Å². The lowest BCUT2D eigenvalue weighted by Gasteiger charge is -2.36. The molecule has 1 aliphatic rings. The lowest BCUT2D eigenvalue weighted by molar-refractivity contribution is 0.122. The monoisotopic (exact) mass is 280 g/mol. The molecule has 104 valence electrons. The maximum atomic E-state index is 13.4. The number of benzene rings is 1. The number of rotatable bonds is 3. The summed E-state index contributed by atoms with van der Waals surface area (Å²) < 4.78 is 13.4. The molecule has 0 radical (unpaired) electrons. The van der Waals surface area contributed by atoms with Crippen molar-refractivity contribution in [3.63, 3.8) is 0 Å². The van der Waals surface area contributed by atoms with Gasteiger partial charge >= 0.3 is 0 Å². The van der Waals surface area contributed by atoms with Crippen LogP contribution in [0.15, 0.2) is 18.2 Å².